The van der Waals surface area contributed by atoms with Gasteiger partial charge in [-0.2, -0.15) is 0 Å². The number of hydrogen-bond donors (Lipinski definition) is 1. The molecule has 0 aromatic heterocycles. The van der Waals surface area contributed by atoms with Crippen molar-refractivity contribution in [1.29, 1.82) is 0 Å². The summed E-state index contributed by atoms with van der Waals surface area (Å²) in [6, 6.07) is 0. The average molecular weight is 180 g/mol. The molecule has 0 atom stereocenters. The van der Waals surface area contributed by atoms with E-state index in [0.29, 0.717) is 0 Å². The molecule has 0 saturated heterocycles. The topological polar surface area (TPSA) is 46.5 Å². The van der Waals surface area contributed by atoms with E-state index in [4.69, 9.17) is 5.11 Å². The fourth-order valence-corrected chi connectivity index (χ4v) is 0.205. The second-order valence-electron chi connectivity index (χ2n) is 1.15. The zero-order valence-corrected chi connectivity index (χ0v) is 4.46. The lowest BCUT2D eigenvalue weighted by molar-refractivity contribution is -0.122. The van der Waals surface area contributed by atoms with Crippen molar-refractivity contribution in [2.24, 2.45) is 0 Å². The molecule has 0 aliphatic heterocycles. The lowest BCUT2D eigenvalue weighted by Gasteiger charge is -1.91. The Kier molecular flexibility index (Phi) is 56.4. The van der Waals surface area contributed by atoms with Crippen molar-refractivity contribution < 1.29 is 14.6 Å². The second-order valence-corrected chi connectivity index (χ2v) is 1.15. The van der Waals surface area contributed by atoms with E-state index >= 15 is 0 Å². The number of carbonyl (C=O) groups is 1. The van der Waals surface area contributed by atoms with Gasteiger partial charge in [0.15, 0.2) is 5.78 Å². The summed E-state index contributed by atoms with van der Waals surface area (Å²) < 4.78 is 4.32. The van der Waals surface area contributed by atoms with E-state index in [-0.39, 0.29) is 42.1 Å². The molecule has 0 aromatic rings. The quantitative estimate of drug-likeness (QED) is 0.533. The van der Waals surface area contributed by atoms with Gasteiger partial charge < -0.3 is 9.84 Å². The van der Waals surface area contributed by atoms with Crippen molar-refractivity contribution in [2.75, 3.05) is 13.4 Å². The molecule has 0 unspecified atom stereocenters. The Morgan fingerprint density at radius 2 is 1.75 bits per heavy atom. The molecule has 0 amide bonds. The minimum atomic E-state index is -0.417. The highest BCUT2D eigenvalue weighted by atomic mass is 16.6. The smallest absolute Gasteiger partial charge is 0.180 e. The molecule has 0 saturated carbocycles. The SMILES string of the molecule is C.C.C.C.C=CC(=O)COCO. The summed E-state index contributed by atoms with van der Waals surface area (Å²) in [4.78, 5) is 10.2. The van der Waals surface area contributed by atoms with E-state index in [2.05, 4.69) is 11.3 Å². The highest BCUT2D eigenvalue weighted by Gasteiger charge is 1.90. The van der Waals surface area contributed by atoms with Crippen molar-refractivity contribution in [2.45, 2.75) is 29.7 Å². The summed E-state index contributed by atoms with van der Waals surface area (Å²) in [6.07, 6.45) is 1.15. The molecular weight excluding hydrogens is 156 g/mol. The van der Waals surface area contributed by atoms with Crippen molar-refractivity contribution in [3.05, 3.63) is 12.7 Å². The Labute approximate surface area is 77.1 Å². The van der Waals surface area contributed by atoms with Crippen LogP contribution in [0.3, 0.4) is 0 Å². The fraction of sp³-hybridized carbons (Fsp3) is 0.667. The predicted molar refractivity (Wildman–Crippen MR) is 55.2 cm³/mol. The number of ketones is 1. The third-order valence-electron chi connectivity index (χ3n) is 0.563. The monoisotopic (exact) mass is 180 g/mol. The maximum absolute atomic E-state index is 10.2. The maximum Gasteiger partial charge on any atom is 0.180 e. The van der Waals surface area contributed by atoms with E-state index in [1.165, 1.54) is 0 Å². The molecule has 1 N–H and O–H groups in total. The van der Waals surface area contributed by atoms with Crippen molar-refractivity contribution in [1.82, 2.24) is 0 Å². The maximum atomic E-state index is 10.2. The first-order chi connectivity index (χ1) is 3.81. The van der Waals surface area contributed by atoms with Gasteiger partial charge in [0, 0.05) is 0 Å². The Hall–Kier alpha value is -0.670. The van der Waals surface area contributed by atoms with E-state index in [0.717, 1.165) is 6.08 Å². The van der Waals surface area contributed by atoms with Crippen LogP contribution in [0.2, 0.25) is 0 Å². The minimum Gasteiger partial charge on any atom is -0.371 e. The zero-order chi connectivity index (χ0) is 6.41. The van der Waals surface area contributed by atoms with Gasteiger partial charge >= 0.3 is 0 Å². The lowest BCUT2D eigenvalue weighted by atomic mass is 10.4. The average Bonchev–Trinajstić information content (AvgIpc) is 1.83. The molecule has 0 bridgehead atoms. The van der Waals surface area contributed by atoms with Gasteiger partial charge in [-0.05, 0) is 6.08 Å². The van der Waals surface area contributed by atoms with Crippen LogP contribution >= 0.6 is 0 Å². The van der Waals surface area contributed by atoms with E-state index in [1.54, 1.807) is 0 Å². The molecule has 0 aliphatic carbocycles. The van der Waals surface area contributed by atoms with Gasteiger partial charge in [0.25, 0.3) is 0 Å². The van der Waals surface area contributed by atoms with Crippen LogP contribution in [0, 0.1) is 0 Å². The molecule has 0 heterocycles. The summed E-state index contributed by atoms with van der Waals surface area (Å²) in [7, 11) is 0. The number of rotatable bonds is 4. The fourth-order valence-electron chi connectivity index (χ4n) is 0.205. The summed E-state index contributed by atoms with van der Waals surface area (Å²) in [5.74, 6) is -0.223. The summed E-state index contributed by atoms with van der Waals surface area (Å²) >= 11 is 0. The lowest BCUT2D eigenvalue weighted by Crippen LogP contribution is -2.04. The van der Waals surface area contributed by atoms with Crippen molar-refractivity contribution in [3.8, 4) is 0 Å². The largest absolute Gasteiger partial charge is 0.371 e. The summed E-state index contributed by atoms with van der Waals surface area (Å²) in [5, 5.41) is 8.00. The molecule has 0 rings (SSSR count). The molecule has 0 fully saturated rings. The first kappa shape index (κ1) is 30.2. The molecule has 0 aliphatic rings. The number of aliphatic hydroxyl groups excluding tert-OH is 1. The number of hydrogen-bond acceptors (Lipinski definition) is 3. The van der Waals surface area contributed by atoms with E-state index in [1.807, 2.05) is 0 Å². The van der Waals surface area contributed by atoms with Crippen LogP contribution in [0.4, 0.5) is 0 Å². The van der Waals surface area contributed by atoms with Gasteiger partial charge in [-0.25, -0.2) is 0 Å². The molecule has 3 nitrogen and oxygen atoms in total. The predicted octanol–water partition coefficient (Wildman–Crippen LogP) is 2.25. The third kappa shape index (κ3) is 22.8. The van der Waals surface area contributed by atoms with E-state index in [9.17, 15) is 4.79 Å². The Balaban J connectivity index is -0.0000000408. The first-order valence-corrected chi connectivity index (χ1v) is 2.15. The summed E-state index contributed by atoms with van der Waals surface area (Å²) in [6.45, 7) is 2.70. The number of ether oxygens (including phenoxy) is 1. The van der Waals surface area contributed by atoms with Crippen molar-refractivity contribution in [3.63, 3.8) is 0 Å². The molecule has 3 heteroatoms. The Morgan fingerprint density at radius 3 is 2.00 bits per heavy atom. The van der Waals surface area contributed by atoms with Gasteiger partial charge in [0.05, 0.1) is 0 Å². The van der Waals surface area contributed by atoms with Crippen LogP contribution in [-0.2, 0) is 9.53 Å². The molecule has 0 aromatic carbocycles. The Bertz CT molecular complexity index is 89.8. The van der Waals surface area contributed by atoms with Gasteiger partial charge in [0.1, 0.15) is 13.4 Å². The molecule has 78 valence electrons. The normalized spacial score (nSPS) is 5.75. The van der Waals surface area contributed by atoms with Gasteiger partial charge in [-0.1, -0.05) is 36.3 Å². The zero-order valence-electron chi connectivity index (χ0n) is 4.46. The van der Waals surface area contributed by atoms with Gasteiger partial charge in [-0.15, -0.1) is 0 Å². The van der Waals surface area contributed by atoms with Crippen LogP contribution in [-0.4, -0.2) is 24.3 Å². The minimum absolute atomic E-state index is 0. The first-order valence-electron chi connectivity index (χ1n) is 2.15. The number of aliphatic hydroxyl groups is 1. The third-order valence-corrected chi connectivity index (χ3v) is 0.563. The molecular formula is C9H24O3. The van der Waals surface area contributed by atoms with Crippen LogP contribution < -0.4 is 0 Å². The molecule has 12 heavy (non-hydrogen) atoms. The molecule has 0 spiro atoms. The van der Waals surface area contributed by atoms with Gasteiger partial charge in [-0.3, -0.25) is 4.79 Å². The Morgan fingerprint density at radius 1 is 1.33 bits per heavy atom. The van der Waals surface area contributed by atoms with Crippen LogP contribution in [0.5, 0.6) is 0 Å². The second kappa shape index (κ2) is 22.4. The standard InChI is InChI=1S/C5H8O3.4CH4/c1-2-5(7)3-8-4-6;;;;/h2,6H,1,3-4H2;4*1H4. The van der Waals surface area contributed by atoms with Gasteiger partial charge in [0.2, 0.25) is 0 Å². The molecule has 0 radical (unpaired) electrons. The van der Waals surface area contributed by atoms with Crippen LogP contribution in [0.15, 0.2) is 12.7 Å². The van der Waals surface area contributed by atoms with Crippen molar-refractivity contribution >= 4 is 5.78 Å². The highest BCUT2D eigenvalue weighted by molar-refractivity contribution is 5.90. The van der Waals surface area contributed by atoms with Crippen LogP contribution in [0.25, 0.3) is 0 Å². The number of carbonyl (C=O) groups excluding carboxylic acids is 1. The summed E-state index contributed by atoms with van der Waals surface area (Å²) in [5.41, 5.74) is 0. The van der Waals surface area contributed by atoms with E-state index < -0.39 is 6.79 Å². The highest BCUT2D eigenvalue weighted by Crippen LogP contribution is 1.74. The van der Waals surface area contributed by atoms with Crippen LogP contribution in [0.1, 0.15) is 29.7 Å².